The van der Waals surface area contributed by atoms with E-state index in [2.05, 4.69) is 17.1 Å². The lowest BCUT2D eigenvalue weighted by Gasteiger charge is -2.37. The summed E-state index contributed by atoms with van der Waals surface area (Å²) in [6.45, 7) is 4.66. The van der Waals surface area contributed by atoms with E-state index in [9.17, 15) is 4.79 Å². The number of nitrogens with one attached hydrogen (secondary N) is 1. The second-order valence-corrected chi connectivity index (χ2v) is 5.15. The lowest BCUT2D eigenvalue weighted by molar-refractivity contribution is -0.0518. The van der Waals surface area contributed by atoms with Gasteiger partial charge in [0, 0.05) is 13.1 Å². The average Bonchev–Trinajstić information content (AvgIpc) is 2.87. The maximum absolute atomic E-state index is 12.0. The highest BCUT2D eigenvalue weighted by molar-refractivity contribution is 5.97. The average molecular weight is 246 g/mol. The Morgan fingerprint density at radius 3 is 2.78 bits per heavy atom. The molecule has 18 heavy (non-hydrogen) atoms. The van der Waals surface area contributed by atoms with Gasteiger partial charge in [-0.3, -0.25) is 9.69 Å². The maximum atomic E-state index is 12.0. The smallest absolute Gasteiger partial charge is 0.255 e. The molecular formula is C14H18N2O2. The van der Waals surface area contributed by atoms with E-state index in [1.165, 1.54) is 12.8 Å². The summed E-state index contributed by atoms with van der Waals surface area (Å²) in [4.78, 5) is 14.3. The molecule has 0 aliphatic carbocycles. The van der Waals surface area contributed by atoms with Crippen molar-refractivity contribution in [3.63, 3.8) is 0 Å². The highest BCUT2D eigenvalue weighted by Gasteiger charge is 2.39. The van der Waals surface area contributed by atoms with Crippen molar-refractivity contribution >= 4 is 5.91 Å². The fraction of sp³-hybridized carbons (Fsp3) is 0.500. The van der Waals surface area contributed by atoms with Crippen molar-refractivity contribution in [3.8, 4) is 5.75 Å². The number of amides is 1. The minimum atomic E-state index is -0.432. The van der Waals surface area contributed by atoms with E-state index >= 15 is 0 Å². The van der Waals surface area contributed by atoms with Crippen molar-refractivity contribution in [2.24, 2.45) is 0 Å². The quantitative estimate of drug-likeness (QED) is 0.818. The molecule has 4 heteroatoms. The lowest BCUT2D eigenvalue weighted by Crippen LogP contribution is -2.55. The van der Waals surface area contributed by atoms with E-state index in [1.54, 1.807) is 6.07 Å². The summed E-state index contributed by atoms with van der Waals surface area (Å²) in [6.07, 6.45) is 2.41. The SMILES string of the molecule is CC1(N2CCCC2)CNC(=O)c2ccccc2O1. The number of carbonyl (C=O) groups excluding carboxylic acids is 1. The third-order valence-electron chi connectivity index (χ3n) is 3.81. The standard InChI is InChI=1S/C14H18N2O2/c1-14(16-8-4-5-9-16)10-15-13(17)11-6-2-3-7-12(11)18-14/h2-3,6-7H,4-5,8-10H2,1H3,(H,15,17). The zero-order valence-corrected chi connectivity index (χ0v) is 10.6. The number of hydrogen-bond acceptors (Lipinski definition) is 3. The topological polar surface area (TPSA) is 41.6 Å². The van der Waals surface area contributed by atoms with E-state index in [0.29, 0.717) is 17.9 Å². The van der Waals surface area contributed by atoms with Crippen LogP contribution in [0.4, 0.5) is 0 Å². The maximum Gasteiger partial charge on any atom is 0.255 e. The minimum absolute atomic E-state index is 0.0477. The molecule has 0 saturated carbocycles. The van der Waals surface area contributed by atoms with Gasteiger partial charge < -0.3 is 10.1 Å². The number of para-hydroxylation sites is 1. The van der Waals surface area contributed by atoms with Gasteiger partial charge in [0.25, 0.3) is 5.91 Å². The summed E-state index contributed by atoms with van der Waals surface area (Å²) in [5.41, 5.74) is 0.194. The summed E-state index contributed by atoms with van der Waals surface area (Å²) in [5.74, 6) is 0.635. The Hall–Kier alpha value is -1.55. The molecule has 96 valence electrons. The summed E-state index contributed by atoms with van der Waals surface area (Å²) < 4.78 is 6.14. The zero-order chi connectivity index (χ0) is 12.6. The second-order valence-electron chi connectivity index (χ2n) is 5.15. The van der Waals surface area contributed by atoms with Crippen LogP contribution in [0.2, 0.25) is 0 Å². The lowest BCUT2D eigenvalue weighted by atomic mass is 10.2. The first-order valence-corrected chi connectivity index (χ1v) is 6.50. The molecule has 1 aromatic rings. The summed E-state index contributed by atoms with van der Waals surface area (Å²) >= 11 is 0. The predicted octanol–water partition coefficient (Wildman–Crippen LogP) is 1.62. The number of nitrogens with zero attached hydrogens (tertiary/aromatic N) is 1. The van der Waals surface area contributed by atoms with Crippen molar-refractivity contribution in [2.75, 3.05) is 19.6 Å². The van der Waals surface area contributed by atoms with Gasteiger partial charge in [-0.05, 0) is 31.9 Å². The number of hydrogen-bond donors (Lipinski definition) is 1. The van der Waals surface area contributed by atoms with Crippen molar-refractivity contribution in [1.82, 2.24) is 10.2 Å². The molecule has 3 rings (SSSR count). The van der Waals surface area contributed by atoms with Crippen LogP contribution in [0.3, 0.4) is 0 Å². The van der Waals surface area contributed by atoms with Gasteiger partial charge >= 0.3 is 0 Å². The number of carbonyl (C=O) groups is 1. The van der Waals surface area contributed by atoms with Crippen LogP contribution in [0.15, 0.2) is 24.3 Å². The van der Waals surface area contributed by atoms with Crippen LogP contribution in [0.1, 0.15) is 30.1 Å². The molecule has 1 saturated heterocycles. The van der Waals surface area contributed by atoms with Gasteiger partial charge in [0.1, 0.15) is 5.75 Å². The largest absolute Gasteiger partial charge is 0.470 e. The van der Waals surface area contributed by atoms with Gasteiger partial charge in [-0.2, -0.15) is 0 Å². The molecule has 1 unspecified atom stereocenters. The van der Waals surface area contributed by atoms with Gasteiger partial charge in [0.05, 0.1) is 12.1 Å². The molecule has 1 atom stereocenters. The van der Waals surface area contributed by atoms with Crippen LogP contribution in [0, 0.1) is 0 Å². The second kappa shape index (κ2) is 4.28. The van der Waals surface area contributed by atoms with Gasteiger partial charge in [-0.25, -0.2) is 0 Å². The van der Waals surface area contributed by atoms with Crippen LogP contribution >= 0.6 is 0 Å². The molecule has 0 spiro atoms. The highest BCUT2D eigenvalue weighted by atomic mass is 16.5. The number of fused-ring (bicyclic) bond motifs is 1. The molecule has 1 fully saturated rings. The van der Waals surface area contributed by atoms with Crippen LogP contribution < -0.4 is 10.1 Å². The number of ether oxygens (including phenoxy) is 1. The molecule has 4 nitrogen and oxygen atoms in total. The first-order valence-electron chi connectivity index (χ1n) is 6.50. The van der Waals surface area contributed by atoms with Gasteiger partial charge in [-0.1, -0.05) is 12.1 Å². The van der Waals surface area contributed by atoms with Crippen LogP contribution in [-0.4, -0.2) is 36.2 Å². The monoisotopic (exact) mass is 246 g/mol. The van der Waals surface area contributed by atoms with E-state index < -0.39 is 5.72 Å². The minimum Gasteiger partial charge on any atom is -0.470 e. The molecule has 0 radical (unpaired) electrons. The Morgan fingerprint density at radius 1 is 1.28 bits per heavy atom. The van der Waals surface area contributed by atoms with Crippen molar-refractivity contribution in [1.29, 1.82) is 0 Å². The van der Waals surface area contributed by atoms with E-state index in [4.69, 9.17) is 4.74 Å². The molecular weight excluding hydrogens is 228 g/mol. The fourth-order valence-electron chi connectivity index (χ4n) is 2.72. The fourth-order valence-corrected chi connectivity index (χ4v) is 2.72. The van der Waals surface area contributed by atoms with Crippen LogP contribution in [0.5, 0.6) is 5.75 Å². The summed E-state index contributed by atoms with van der Waals surface area (Å²) in [5, 5.41) is 2.96. The van der Waals surface area contributed by atoms with Gasteiger partial charge in [-0.15, -0.1) is 0 Å². The first kappa shape index (κ1) is 11.5. The van der Waals surface area contributed by atoms with E-state index in [0.717, 1.165) is 13.1 Å². The Labute approximate surface area is 107 Å². The van der Waals surface area contributed by atoms with Crippen molar-refractivity contribution < 1.29 is 9.53 Å². The van der Waals surface area contributed by atoms with Crippen molar-refractivity contribution in [3.05, 3.63) is 29.8 Å². The Kier molecular flexibility index (Phi) is 2.74. The number of rotatable bonds is 1. The normalized spacial score (nSPS) is 28.2. The summed E-state index contributed by atoms with van der Waals surface area (Å²) in [6, 6.07) is 7.44. The zero-order valence-electron chi connectivity index (χ0n) is 10.6. The number of likely N-dealkylation sites (tertiary alicyclic amines) is 1. The molecule has 2 heterocycles. The van der Waals surface area contributed by atoms with E-state index in [1.807, 2.05) is 18.2 Å². The molecule has 1 N–H and O–H groups in total. The molecule has 1 aromatic carbocycles. The Bertz CT molecular complexity index is 469. The third-order valence-corrected chi connectivity index (χ3v) is 3.81. The highest BCUT2D eigenvalue weighted by Crippen LogP contribution is 2.30. The third kappa shape index (κ3) is 1.86. The van der Waals surface area contributed by atoms with Crippen LogP contribution in [-0.2, 0) is 0 Å². The Morgan fingerprint density at radius 2 is 2.00 bits per heavy atom. The molecule has 2 aliphatic heterocycles. The first-order chi connectivity index (χ1) is 8.69. The molecule has 0 aromatic heterocycles. The van der Waals surface area contributed by atoms with Gasteiger partial charge in [0.15, 0.2) is 5.72 Å². The van der Waals surface area contributed by atoms with Crippen molar-refractivity contribution in [2.45, 2.75) is 25.5 Å². The van der Waals surface area contributed by atoms with Crippen LogP contribution in [0.25, 0.3) is 0 Å². The molecule has 1 amide bonds. The predicted molar refractivity (Wildman–Crippen MR) is 68.6 cm³/mol. The molecule has 0 bridgehead atoms. The summed E-state index contributed by atoms with van der Waals surface area (Å²) in [7, 11) is 0. The Balaban J connectivity index is 1.95. The van der Waals surface area contributed by atoms with Gasteiger partial charge in [0.2, 0.25) is 0 Å². The molecule has 2 aliphatic rings. The van der Waals surface area contributed by atoms with E-state index in [-0.39, 0.29) is 5.91 Å². The number of benzene rings is 1.